The lowest BCUT2D eigenvalue weighted by molar-refractivity contribution is -0.146. The van der Waals surface area contributed by atoms with E-state index in [4.69, 9.17) is 4.74 Å². The number of esters is 1. The average Bonchev–Trinajstić information content (AvgIpc) is 3.15. The van der Waals surface area contributed by atoms with Gasteiger partial charge < -0.3 is 14.4 Å². The van der Waals surface area contributed by atoms with Crippen LogP contribution in [-0.2, 0) is 32.6 Å². The summed E-state index contributed by atoms with van der Waals surface area (Å²) >= 11 is 0. The predicted molar refractivity (Wildman–Crippen MR) is 97.6 cm³/mol. The van der Waals surface area contributed by atoms with Crippen LogP contribution >= 0.6 is 0 Å². The Labute approximate surface area is 155 Å². The van der Waals surface area contributed by atoms with E-state index in [2.05, 4.69) is 0 Å². The topological polar surface area (TPSA) is 88.8 Å². The van der Waals surface area contributed by atoms with E-state index in [1.165, 1.54) is 18.9 Å². The third kappa shape index (κ3) is 2.24. The molecule has 2 aliphatic heterocycles. The van der Waals surface area contributed by atoms with Crippen LogP contribution in [0.5, 0.6) is 0 Å². The van der Waals surface area contributed by atoms with Gasteiger partial charge in [-0.15, -0.1) is 0 Å². The molecule has 27 heavy (non-hydrogen) atoms. The number of aromatic nitrogens is 1. The average molecular weight is 366 g/mol. The number of hydrogen-bond acceptors (Lipinski definition) is 4. The minimum Gasteiger partial charge on any atom is -0.480 e. The molecule has 0 bridgehead atoms. The molecule has 138 valence electrons. The van der Waals surface area contributed by atoms with Crippen molar-refractivity contribution in [3.8, 4) is 0 Å². The number of hydrogen-bond donors (Lipinski definition) is 1. The quantitative estimate of drug-likeness (QED) is 0.647. The summed E-state index contributed by atoms with van der Waals surface area (Å²) < 4.78 is 6.69. The number of rotatable bonds is 2. The number of ether oxygens (including phenoxy) is 1. The monoisotopic (exact) mass is 366 g/mol. The molecule has 3 heterocycles. The standard InChI is InChI=1S/C20H18N2O5/c1-10(20(26)27-3)12-8-15-17-13(9-16(19(24)25)22(15)18(12)23)11-6-4-5-7-14(11)21(17)2/h4-8,16H,9H2,1-3H3,(H,24,25)/b12-10+. The second-order valence-corrected chi connectivity index (χ2v) is 6.70. The number of methoxy groups -OCH3 is 1. The van der Waals surface area contributed by atoms with E-state index < -0.39 is 23.9 Å². The van der Waals surface area contributed by atoms with Gasteiger partial charge in [0.15, 0.2) is 0 Å². The number of amides is 1. The van der Waals surface area contributed by atoms with Crippen LogP contribution in [0.3, 0.4) is 0 Å². The molecule has 1 unspecified atom stereocenters. The number of nitrogens with zero attached hydrogens (tertiary/aromatic N) is 2. The number of aryl methyl sites for hydroxylation is 1. The van der Waals surface area contributed by atoms with E-state index in [0.717, 1.165) is 22.2 Å². The van der Waals surface area contributed by atoms with Crippen molar-refractivity contribution in [2.45, 2.75) is 19.4 Å². The van der Waals surface area contributed by atoms with Crippen molar-refractivity contribution in [1.82, 2.24) is 9.47 Å². The van der Waals surface area contributed by atoms with Crippen LogP contribution in [0.2, 0.25) is 0 Å². The van der Waals surface area contributed by atoms with Gasteiger partial charge in [0, 0.05) is 29.9 Å². The van der Waals surface area contributed by atoms with Crippen LogP contribution in [0.4, 0.5) is 0 Å². The molecule has 4 rings (SSSR count). The second-order valence-electron chi connectivity index (χ2n) is 6.70. The van der Waals surface area contributed by atoms with Gasteiger partial charge in [-0.1, -0.05) is 18.2 Å². The Kier molecular flexibility index (Phi) is 3.69. The number of carbonyl (C=O) groups is 3. The zero-order chi connectivity index (χ0) is 19.5. The third-order valence-electron chi connectivity index (χ3n) is 5.33. The van der Waals surface area contributed by atoms with Crippen molar-refractivity contribution in [3.05, 3.63) is 52.7 Å². The molecule has 7 heteroatoms. The fraction of sp³-hybridized carbons (Fsp3) is 0.250. The summed E-state index contributed by atoms with van der Waals surface area (Å²) in [7, 11) is 3.13. The lowest BCUT2D eigenvalue weighted by Gasteiger charge is -2.32. The smallest absolute Gasteiger partial charge is 0.334 e. The largest absolute Gasteiger partial charge is 0.480 e. The Morgan fingerprint density at radius 1 is 1.26 bits per heavy atom. The number of fused-ring (bicyclic) bond motifs is 5. The summed E-state index contributed by atoms with van der Waals surface area (Å²) in [5, 5.41) is 10.7. The molecule has 0 radical (unpaired) electrons. The SMILES string of the molecule is COC(=O)/C(C)=C1\C=C2c3c(c4ccccc4n3C)CC(C(=O)O)N2C1=O. The van der Waals surface area contributed by atoms with Crippen molar-refractivity contribution in [3.63, 3.8) is 0 Å². The summed E-state index contributed by atoms with van der Waals surface area (Å²) in [5.41, 5.74) is 3.49. The van der Waals surface area contributed by atoms with Crippen LogP contribution in [0.15, 0.2) is 41.5 Å². The first kappa shape index (κ1) is 17.1. The molecule has 0 saturated heterocycles. The first-order valence-electron chi connectivity index (χ1n) is 8.50. The van der Waals surface area contributed by atoms with Crippen LogP contribution < -0.4 is 0 Å². The van der Waals surface area contributed by atoms with E-state index in [0.29, 0.717) is 5.70 Å². The molecule has 1 atom stereocenters. The van der Waals surface area contributed by atoms with Crippen LogP contribution in [0.1, 0.15) is 18.2 Å². The van der Waals surface area contributed by atoms with Gasteiger partial charge in [-0.2, -0.15) is 0 Å². The summed E-state index contributed by atoms with van der Waals surface area (Å²) in [6, 6.07) is 6.72. The Morgan fingerprint density at radius 2 is 1.96 bits per heavy atom. The molecule has 1 N–H and O–H groups in total. The summed E-state index contributed by atoms with van der Waals surface area (Å²) in [4.78, 5) is 38.1. The third-order valence-corrected chi connectivity index (χ3v) is 5.33. The lowest BCUT2D eigenvalue weighted by Crippen LogP contribution is -2.46. The summed E-state index contributed by atoms with van der Waals surface area (Å²) in [6.45, 7) is 1.51. The Morgan fingerprint density at radius 3 is 2.63 bits per heavy atom. The van der Waals surface area contributed by atoms with Crippen molar-refractivity contribution in [1.29, 1.82) is 0 Å². The maximum atomic E-state index is 13.0. The van der Waals surface area contributed by atoms with E-state index in [9.17, 15) is 19.5 Å². The van der Waals surface area contributed by atoms with Crippen molar-refractivity contribution < 1.29 is 24.2 Å². The van der Waals surface area contributed by atoms with Gasteiger partial charge in [0.05, 0.1) is 24.1 Å². The first-order chi connectivity index (χ1) is 12.9. The molecule has 0 fully saturated rings. The van der Waals surface area contributed by atoms with Crippen molar-refractivity contribution >= 4 is 34.4 Å². The fourth-order valence-electron chi connectivity index (χ4n) is 4.02. The van der Waals surface area contributed by atoms with E-state index in [-0.39, 0.29) is 17.6 Å². The van der Waals surface area contributed by atoms with Gasteiger partial charge in [0.2, 0.25) is 0 Å². The number of carboxylic acids is 1. The van der Waals surface area contributed by atoms with Gasteiger partial charge >= 0.3 is 11.9 Å². The van der Waals surface area contributed by atoms with Crippen LogP contribution in [-0.4, -0.2) is 45.6 Å². The Bertz CT molecular complexity index is 1090. The number of para-hydroxylation sites is 1. The van der Waals surface area contributed by atoms with E-state index in [1.807, 2.05) is 35.9 Å². The first-order valence-corrected chi connectivity index (χ1v) is 8.50. The van der Waals surface area contributed by atoms with Gasteiger partial charge in [0.25, 0.3) is 5.91 Å². The molecule has 0 spiro atoms. The minimum atomic E-state index is -1.08. The molecule has 0 saturated carbocycles. The Balaban J connectivity index is 2.02. The zero-order valence-corrected chi connectivity index (χ0v) is 15.1. The fourth-order valence-corrected chi connectivity index (χ4v) is 4.02. The van der Waals surface area contributed by atoms with E-state index >= 15 is 0 Å². The number of benzene rings is 1. The highest BCUT2D eigenvalue weighted by molar-refractivity contribution is 6.15. The zero-order valence-electron chi connectivity index (χ0n) is 15.1. The molecule has 1 amide bonds. The summed E-state index contributed by atoms with van der Waals surface area (Å²) in [6.07, 6.45) is 1.81. The Hall–Kier alpha value is -3.35. The molecule has 1 aromatic heterocycles. The van der Waals surface area contributed by atoms with E-state index in [1.54, 1.807) is 6.08 Å². The highest BCUT2D eigenvalue weighted by Gasteiger charge is 2.45. The van der Waals surface area contributed by atoms with Crippen LogP contribution in [0, 0.1) is 0 Å². The molecule has 2 aromatic rings. The number of carboxylic acid groups (broad SMARTS) is 1. The van der Waals surface area contributed by atoms with Crippen molar-refractivity contribution in [2.75, 3.05) is 7.11 Å². The van der Waals surface area contributed by atoms with Crippen molar-refractivity contribution in [2.24, 2.45) is 7.05 Å². The van der Waals surface area contributed by atoms with Gasteiger partial charge in [-0.3, -0.25) is 9.69 Å². The second kappa shape index (κ2) is 5.84. The van der Waals surface area contributed by atoms with Gasteiger partial charge in [0.1, 0.15) is 6.04 Å². The number of aliphatic carboxylic acids is 1. The maximum absolute atomic E-state index is 13.0. The molecule has 1 aromatic carbocycles. The molecule has 7 nitrogen and oxygen atoms in total. The highest BCUT2D eigenvalue weighted by atomic mass is 16.5. The molecular formula is C20H18N2O5. The number of carbonyl (C=O) groups excluding carboxylic acids is 2. The highest BCUT2D eigenvalue weighted by Crippen LogP contribution is 2.43. The minimum absolute atomic E-state index is 0.161. The molecule has 0 aliphatic carbocycles. The molecular weight excluding hydrogens is 348 g/mol. The van der Waals surface area contributed by atoms with Crippen LogP contribution in [0.25, 0.3) is 16.6 Å². The summed E-state index contributed by atoms with van der Waals surface area (Å²) in [5.74, 6) is -2.18. The maximum Gasteiger partial charge on any atom is 0.334 e. The van der Waals surface area contributed by atoms with Gasteiger partial charge in [-0.05, 0) is 24.6 Å². The predicted octanol–water partition coefficient (Wildman–Crippen LogP) is 1.86. The normalized spacial score (nSPS) is 20.3. The molecule has 2 aliphatic rings. The lowest BCUT2D eigenvalue weighted by atomic mass is 9.95. The van der Waals surface area contributed by atoms with Gasteiger partial charge in [-0.25, -0.2) is 9.59 Å².